The molecule has 136 valence electrons. The predicted octanol–water partition coefficient (Wildman–Crippen LogP) is 1.32. The lowest BCUT2D eigenvalue weighted by atomic mass is 10.2. The second-order valence-electron chi connectivity index (χ2n) is 5.81. The van der Waals surface area contributed by atoms with Crippen molar-refractivity contribution < 1.29 is 19.1 Å². The molecule has 0 spiro atoms. The summed E-state index contributed by atoms with van der Waals surface area (Å²) >= 11 is 5.28. The molecule has 1 aliphatic rings. The van der Waals surface area contributed by atoms with Crippen molar-refractivity contribution in [3.8, 4) is 0 Å². The smallest absolute Gasteiger partial charge is 0.325 e. The third-order valence-corrected chi connectivity index (χ3v) is 4.77. The minimum atomic E-state index is -0.457. The van der Waals surface area contributed by atoms with Gasteiger partial charge in [-0.1, -0.05) is 0 Å². The van der Waals surface area contributed by atoms with E-state index in [-0.39, 0.29) is 17.6 Å². The van der Waals surface area contributed by atoms with Gasteiger partial charge in [0.25, 0.3) is 5.91 Å². The summed E-state index contributed by atoms with van der Waals surface area (Å²) in [4.78, 5) is 27.1. The fourth-order valence-electron chi connectivity index (χ4n) is 2.79. The van der Waals surface area contributed by atoms with E-state index in [1.165, 1.54) is 16.9 Å². The summed E-state index contributed by atoms with van der Waals surface area (Å²) in [6.45, 7) is 5.23. The number of hydrogen-bond donors (Lipinski definition) is 0. The third-order valence-electron chi connectivity index (χ3n) is 4.27. The van der Waals surface area contributed by atoms with Crippen molar-refractivity contribution >= 4 is 35.3 Å². The molecule has 1 amide bonds. The Labute approximate surface area is 152 Å². The number of esters is 1. The molecular weight excluding hydrogens is 342 g/mol. The van der Waals surface area contributed by atoms with Gasteiger partial charge in [-0.2, -0.15) is 0 Å². The van der Waals surface area contributed by atoms with Crippen LogP contribution in [-0.4, -0.2) is 65.8 Å². The van der Waals surface area contributed by atoms with Crippen LogP contribution in [0.4, 0.5) is 0 Å². The summed E-state index contributed by atoms with van der Waals surface area (Å²) in [5.41, 5.74) is 3.37. The van der Waals surface area contributed by atoms with Crippen molar-refractivity contribution in [2.45, 2.75) is 20.4 Å². The molecule has 0 bridgehead atoms. The van der Waals surface area contributed by atoms with Crippen LogP contribution >= 0.6 is 12.2 Å². The molecule has 1 aromatic heterocycles. The van der Waals surface area contributed by atoms with Gasteiger partial charge in [0.05, 0.1) is 13.7 Å². The number of carbonyl (C=O) groups is 2. The van der Waals surface area contributed by atoms with Gasteiger partial charge in [0.15, 0.2) is 5.11 Å². The zero-order valence-corrected chi connectivity index (χ0v) is 16.0. The maximum atomic E-state index is 12.5. The zero-order chi connectivity index (χ0) is 18.7. The highest BCUT2D eigenvalue weighted by Crippen LogP contribution is 2.25. The molecule has 2 heterocycles. The normalized spacial score (nSPS) is 16.3. The van der Waals surface area contributed by atoms with Crippen LogP contribution in [0.5, 0.6) is 0 Å². The summed E-state index contributed by atoms with van der Waals surface area (Å²) in [5.74, 6) is -0.697. The highest BCUT2D eigenvalue weighted by molar-refractivity contribution is 7.80. The van der Waals surface area contributed by atoms with Crippen molar-refractivity contribution in [1.82, 2.24) is 14.4 Å². The number of methoxy groups -OCH3 is 2. The number of ether oxygens (including phenoxy) is 2. The average Bonchev–Trinajstić information content (AvgIpc) is 2.96. The first-order chi connectivity index (χ1) is 11.8. The third kappa shape index (κ3) is 3.74. The van der Waals surface area contributed by atoms with Crippen LogP contribution in [0.1, 0.15) is 17.0 Å². The Kier molecular flexibility index (Phi) is 5.97. The molecule has 0 atom stereocenters. The molecule has 1 saturated heterocycles. The fourth-order valence-corrected chi connectivity index (χ4v) is 3.04. The molecule has 8 heteroatoms. The minimum absolute atomic E-state index is 0.0976. The van der Waals surface area contributed by atoms with Crippen molar-refractivity contribution in [3.05, 3.63) is 28.7 Å². The topological polar surface area (TPSA) is 64.0 Å². The Morgan fingerprint density at radius 1 is 1.32 bits per heavy atom. The van der Waals surface area contributed by atoms with Gasteiger partial charge in [-0.3, -0.25) is 14.5 Å². The predicted molar refractivity (Wildman–Crippen MR) is 97.8 cm³/mol. The molecule has 25 heavy (non-hydrogen) atoms. The second kappa shape index (κ2) is 7.79. The second-order valence-corrected chi connectivity index (χ2v) is 6.17. The largest absolute Gasteiger partial charge is 0.468 e. The van der Waals surface area contributed by atoms with Crippen LogP contribution in [0, 0.1) is 13.8 Å². The first-order valence-corrected chi connectivity index (χ1v) is 8.26. The lowest BCUT2D eigenvalue weighted by Gasteiger charge is -2.16. The molecular formula is C17H23N3O4S. The van der Waals surface area contributed by atoms with Gasteiger partial charge < -0.3 is 18.9 Å². The monoisotopic (exact) mass is 365 g/mol. The van der Waals surface area contributed by atoms with E-state index in [0.717, 1.165) is 23.5 Å². The number of aromatic nitrogens is 1. The molecule has 0 saturated carbocycles. The van der Waals surface area contributed by atoms with E-state index >= 15 is 0 Å². The average molecular weight is 365 g/mol. The molecule has 2 rings (SSSR count). The van der Waals surface area contributed by atoms with E-state index in [1.807, 2.05) is 19.9 Å². The van der Waals surface area contributed by atoms with Crippen LogP contribution in [0.3, 0.4) is 0 Å². The van der Waals surface area contributed by atoms with Crippen LogP contribution < -0.4 is 0 Å². The zero-order valence-electron chi connectivity index (χ0n) is 15.2. The van der Waals surface area contributed by atoms with Crippen LogP contribution in [0.15, 0.2) is 11.8 Å². The van der Waals surface area contributed by atoms with Crippen molar-refractivity contribution in [2.24, 2.45) is 0 Å². The first kappa shape index (κ1) is 19.1. The number of carbonyl (C=O) groups excluding carboxylic acids is 2. The number of amides is 1. The fraction of sp³-hybridized carbons (Fsp3) is 0.471. The quantitative estimate of drug-likeness (QED) is 0.430. The van der Waals surface area contributed by atoms with Crippen LogP contribution in [0.25, 0.3) is 6.08 Å². The van der Waals surface area contributed by atoms with Gasteiger partial charge in [0, 0.05) is 32.1 Å². The summed E-state index contributed by atoms with van der Waals surface area (Å²) < 4.78 is 12.0. The van der Waals surface area contributed by atoms with E-state index in [0.29, 0.717) is 12.3 Å². The van der Waals surface area contributed by atoms with Gasteiger partial charge >= 0.3 is 5.97 Å². The lowest BCUT2D eigenvalue weighted by molar-refractivity contribution is -0.140. The number of thiocarbonyl (C=S) groups is 1. The number of rotatable bonds is 6. The van der Waals surface area contributed by atoms with E-state index in [1.54, 1.807) is 20.2 Å². The molecule has 7 nitrogen and oxygen atoms in total. The molecule has 0 radical (unpaired) electrons. The molecule has 0 N–H and O–H groups in total. The van der Waals surface area contributed by atoms with Gasteiger partial charge in [-0.25, -0.2) is 0 Å². The number of likely N-dealkylation sites (N-methyl/N-ethyl adjacent to an activating group) is 1. The number of aryl methyl sites for hydroxylation is 1. The van der Waals surface area contributed by atoms with Gasteiger partial charge in [0.1, 0.15) is 12.2 Å². The lowest BCUT2D eigenvalue weighted by Crippen LogP contribution is -2.33. The minimum Gasteiger partial charge on any atom is -0.468 e. The first-order valence-electron chi connectivity index (χ1n) is 7.85. The molecule has 0 aliphatic carbocycles. The summed E-state index contributed by atoms with van der Waals surface area (Å²) in [6, 6.07) is 2.00. The molecule has 0 aromatic carbocycles. The Morgan fingerprint density at radius 2 is 2.00 bits per heavy atom. The highest BCUT2D eigenvalue weighted by atomic mass is 32.1. The SMILES string of the molecule is COCCn1c(C)cc(/C=C2/C(=O)N(C)C(=S)N2CC(=O)OC)c1C. The molecule has 1 aromatic rings. The van der Waals surface area contributed by atoms with E-state index < -0.39 is 5.97 Å². The maximum absolute atomic E-state index is 12.5. The van der Waals surface area contributed by atoms with Gasteiger partial charge in [0.2, 0.25) is 0 Å². The number of nitrogens with zero attached hydrogens (tertiary/aromatic N) is 3. The Hall–Kier alpha value is -2.19. The van der Waals surface area contributed by atoms with E-state index in [9.17, 15) is 9.59 Å². The molecule has 1 aliphatic heterocycles. The van der Waals surface area contributed by atoms with Gasteiger partial charge in [-0.15, -0.1) is 0 Å². The molecule has 0 unspecified atom stereocenters. The molecule has 1 fully saturated rings. The van der Waals surface area contributed by atoms with Gasteiger partial charge in [-0.05, 0) is 43.8 Å². The van der Waals surface area contributed by atoms with E-state index in [2.05, 4.69) is 4.57 Å². The summed E-state index contributed by atoms with van der Waals surface area (Å²) in [7, 11) is 4.56. The van der Waals surface area contributed by atoms with Crippen LogP contribution in [-0.2, 0) is 25.6 Å². The van der Waals surface area contributed by atoms with Crippen molar-refractivity contribution in [1.29, 1.82) is 0 Å². The van der Waals surface area contributed by atoms with Crippen molar-refractivity contribution in [2.75, 3.05) is 34.4 Å². The Balaban J connectivity index is 2.41. The van der Waals surface area contributed by atoms with Crippen LogP contribution in [0.2, 0.25) is 0 Å². The summed E-state index contributed by atoms with van der Waals surface area (Å²) in [6.07, 6.45) is 1.77. The Bertz CT molecular complexity index is 738. The van der Waals surface area contributed by atoms with E-state index in [4.69, 9.17) is 21.7 Å². The maximum Gasteiger partial charge on any atom is 0.325 e. The highest BCUT2D eigenvalue weighted by Gasteiger charge is 2.36. The standard InChI is InChI=1S/C17H23N3O4S/c1-11-8-13(12(2)19(11)6-7-23-4)9-14-16(22)18(3)17(25)20(14)10-15(21)24-5/h8-9H,6-7,10H2,1-5H3/b14-9-. The van der Waals surface area contributed by atoms with Crippen molar-refractivity contribution in [3.63, 3.8) is 0 Å². The Morgan fingerprint density at radius 3 is 2.60 bits per heavy atom. The number of hydrogen-bond acceptors (Lipinski definition) is 5. The summed E-state index contributed by atoms with van der Waals surface area (Å²) in [5, 5.41) is 0.287.